The fraction of sp³-hybridized carbons (Fsp3) is 0.211. The molecule has 10 heteroatoms. The first-order valence-electron chi connectivity index (χ1n) is 8.43. The number of halogens is 4. The number of hydrogen-bond acceptors (Lipinski definition) is 4. The number of ether oxygens (including phenoxy) is 1. The van der Waals surface area contributed by atoms with Gasteiger partial charge in [0, 0.05) is 6.20 Å². The average Bonchev–Trinajstić information content (AvgIpc) is 3.06. The van der Waals surface area contributed by atoms with Crippen molar-refractivity contribution in [2.45, 2.75) is 19.5 Å². The van der Waals surface area contributed by atoms with Crippen molar-refractivity contribution in [1.29, 1.82) is 0 Å². The van der Waals surface area contributed by atoms with Gasteiger partial charge in [-0.2, -0.15) is 13.2 Å². The number of nitrogens with zero attached hydrogens (tertiary/aromatic N) is 2. The van der Waals surface area contributed by atoms with Crippen molar-refractivity contribution in [1.82, 2.24) is 9.38 Å². The van der Waals surface area contributed by atoms with Crippen molar-refractivity contribution >= 4 is 34.8 Å². The van der Waals surface area contributed by atoms with Crippen molar-refractivity contribution in [3.8, 4) is 0 Å². The number of pyridine rings is 1. The standard InChI is InChI=1S/C19H15ClF3N3O3/c1-3-13-16(26-9-11(19(21,22)23)5-7-15(26)24-13)17(27)25-14-8-10(18(28)29-2)4-6-12(14)20/h4-9H,3H2,1-2H3,(H,25,27). The fourth-order valence-electron chi connectivity index (χ4n) is 2.80. The van der Waals surface area contributed by atoms with E-state index in [2.05, 4.69) is 15.0 Å². The summed E-state index contributed by atoms with van der Waals surface area (Å²) in [6.45, 7) is 1.73. The van der Waals surface area contributed by atoms with Gasteiger partial charge < -0.3 is 10.1 Å². The van der Waals surface area contributed by atoms with E-state index >= 15 is 0 Å². The number of alkyl halides is 3. The van der Waals surface area contributed by atoms with Gasteiger partial charge in [-0.25, -0.2) is 9.78 Å². The molecule has 0 unspecified atom stereocenters. The lowest BCUT2D eigenvalue weighted by Gasteiger charge is -2.11. The largest absolute Gasteiger partial charge is 0.465 e. The summed E-state index contributed by atoms with van der Waals surface area (Å²) in [7, 11) is 1.21. The second kappa shape index (κ2) is 7.75. The predicted octanol–water partition coefficient (Wildman–Crippen LogP) is 4.61. The van der Waals surface area contributed by atoms with Crippen molar-refractivity contribution in [3.63, 3.8) is 0 Å². The molecule has 0 spiro atoms. The van der Waals surface area contributed by atoms with E-state index in [0.717, 1.165) is 16.7 Å². The third kappa shape index (κ3) is 4.04. The van der Waals surface area contributed by atoms with Gasteiger partial charge in [-0.15, -0.1) is 0 Å². The molecule has 0 saturated heterocycles. The molecule has 0 saturated carbocycles. The normalized spacial score (nSPS) is 11.5. The topological polar surface area (TPSA) is 72.7 Å². The molecular formula is C19H15ClF3N3O3. The maximum absolute atomic E-state index is 13.1. The summed E-state index contributed by atoms with van der Waals surface area (Å²) >= 11 is 6.09. The number of aryl methyl sites for hydroxylation is 1. The number of rotatable bonds is 4. The molecule has 0 atom stereocenters. The Hall–Kier alpha value is -3.07. The van der Waals surface area contributed by atoms with Crippen LogP contribution in [0.25, 0.3) is 5.65 Å². The van der Waals surface area contributed by atoms with Crippen LogP contribution in [0.1, 0.15) is 39.0 Å². The predicted molar refractivity (Wildman–Crippen MR) is 100 cm³/mol. The van der Waals surface area contributed by atoms with Gasteiger partial charge in [-0.1, -0.05) is 18.5 Å². The molecule has 1 aromatic carbocycles. The van der Waals surface area contributed by atoms with Crippen LogP contribution in [0.2, 0.25) is 5.02 Å². The summed E-state index contributed by atoms with van der Waals surface area (Å²) in [6.07, 6.45) is -3.43. The number of methoxy groups -OCH3 is 1. The minimum absolute atomic E-state index is 0.0480. The lowest BCUT2D eigenvalue weighted by atomic mass is 10.2. The van der Waals surface area contributed by atoms with Gasteiger partial charge in [0.1, 0.15) is 11.3 Å². The highest BCUT2D eigenvalue weighted by atomic mass is 35.5. The molecular weight excluding hydrogens is 411 g/mol. The maximum Gasteiger partial charge on any atom is 0.417 e. The molecule has 2 heterocycles. The molecule has 0 fully saturated rings. The highest BCUT2D eigenvalue weighted by Gasteiger charge is 2.32. The van der Waals surface area contributed by atoms with Crippen LogP contribution in [0.4, 0.5) is 18.9 Å². The van der Waals surface area contributed by atoms with E-state index in [-0.39, 0.29) is 27.6 Å². The Labute approximate surface area is 168 Å². The van der Waals surface area contributed by atoms with Crippen LogP contribution in [-0.4, -0.2) is 28.4 Å². The minimum atomic E-state index is -4.57. The van der Waals surface area contributed by atoms with Crippen LogP contribution in [-0.2, 0) is 17.3 Å². The Morgan fingerprint density at radius 1 is 1.24 bits per heavy atom. The summed E-state index contributed by atoms with van der Waals surface area (Å²) in [5, 5.41) is 2.68. The number of amides is 1. The smallest absolute Gasteiger partial charge is 0.417 e. The van der Waals surface area contributed by atoms with Crippen LogP contribution < -0.4 is 5.32 Å². The highest BCUT2D eigenvalue weighted by molar-refractivity contribution is 6.34. The van der Waals surface area contributed by atoms with Gasteiger partial charge in [-0.3, -0.25) is 9.20 Å². The molecule has 0 radical (unpaired) electrons. The van der Waals surface area contributed by atoms with Gasteiger partial charge in [0.2, 0.25) is 0 Å². The van der Waals surface area contributed by atoms with Gasteiger partial charge in [0.15, 0.2) is 0 Å². The molecule has 6 nitrogen and oxygen atoms in total. The highest BCUT2D eigenvalue weighted by Crippen LogP contribution is 2.30. The number of esters is 1. The quantitative estimate of drug-likeness (QED) is 0.620. The first-order chi connectivity index (χ1) is 13.7. The summed E-state index contributed by atoms with van der Waals surface area (Å²) in [5.41, 5.74) is -0.168. The number of anilines is 1. The van der Waals surface area contributed by atoms with E-state index in [0.29, 0.717) is 12.1 Å². The number of carbonyl (C=O) groups is 2. The Morgan fingerprint density at radius 3 is 2.59 bits per heavy atom. The molecule has 29 heavy (non-hydrogen) atoms. The number of carbonyl (C=O) groups excluding carboxylic acids is 2. The zero-order chi connectivity index (χ0) is 21.3. The van der Waals surface area contributed by atoms with Crippen molar-refractivity contribution in [3.05, 3.63) is 64.1 Å². The van der Waals surface area contributed by atoms with E-state index < -0.39 is 23.6 Å². The summed E-state index contributed by atoms with van der Waals surface area (Å²) in [6, 6.07) is 6.25. The van der Waals surface area contributed by atoms with E-state index in [1.807, 2.05) is 0 Å². The zero-order valence-electron chi connectivity index (χ0n) is 15.3. The van der Waals surface area contributed by atoms with E-state index in [1.165, 1.54) is 31.4 Å². The molecule has 0 bridgehead atoms. The van der Waals surface area contributed by atoms with Gasteiger partial charge >= 0.3 is 12.1 Å². The van der Waals surface area contributed by atoms with Crippen LogP contribution in [0, 0.1) is 0 Å². The second-order valence-corrected chi connectivity index (χ2v) is 6.45. The van der Waals surface area contributed by atoms with Gasteiger partial charge in [0.05, 0.1) is 34.6 Å². The lowest BCUT2D eigenvalue weighted by Crippen LogP contribution is -2.17. The van der Waals surface area contributed by atoms with Gasteiger partial charge in [-0.05, 0) is 36.8 Å². The maximum atomic E-state index is 13.1. The summed E-state index contributed by atoms with van der Waals surface area (Å²) in [5.74, 6) is -1.34. The van der Waals surface area contributed by atoms with Crippen LogP contribution in [0.15, 0.2) is 36.5 Å². The molecule has 2 aromatic heterocycles. The fourth-order valence-corrected chi connectivity index (χ4v) is 2.96. The molecule has 1 amide bonds. The average molecular weight is 426 g/mol. The van der Waals surface area contributed by atoms with Gasteiger partial charge in [0.25, 0.3) is 5.91 Å². The minimum Gasteiger partial charge on any atom is -0.465 e. The van der Waals surface area contributed by atoms with Crippen molar-refractivity contribution < 1.29 is 27.5 Å². The van der Waals surface area contributed by atoms with Crippen LogP contribution in [0.5, 0.6) is 0 Å². The van der Waals surface area contributed by atoms with Crippen molar-refractivity contribution in [2.24, 2.45) is 0 Å². The van der Waals surface area contributed by atoms with E-state index in [1.54, 1.807) is 6.92 Å². The monoisotopic (exact) mass is 425 g/mol. The van der Waals surface area contributed by atoms with E-state index in [4.69, 9.17) is 11.6 Å². The zero-order valence-corrected chi connectivity index (χ0v) is 16.1. The number of imidazole rings is 1. The number of aromatic nitrogens is 2. The number of benzene rings is 1. The third-order valence-corrected chi connectivity index (χ3v) is 4.53. The van der Waals surface area contributed by atoms with Crippen LogP contribution in [0.3, 0.4) is 0 Å². The molecule has 3 rings (SSSR count). The molecule has 0 aliphatic rings. The number of fused-ring (bicyclic) bond motifs is 1. The number of hydrogen-bond donors (Lipinski definition) is 1. The first-order valence-corrected chi connectivity index (χ1v) is 8.81. The molecule has 0 aliphatic carbocycles. The van der Waals surface area contributed by atoms with Crippen molar-refractivity contribution in [2.75, 3.05) is 12.4 Å². The SMILES string of the molecule is CCc1nc2ccc(C(F)(F)F)cn2c1C(=O)Nc1cc(C(=O)OC)ccc1Cl. The Morgan fingerprint density at radius 2 is 1.97 bits per heavy atom. The first kappa shape index (κ1) is 20.7. The molecule has 3 aromatic rings. The van der Waals surface area contributed by atoms with Crippen LogP contribution >= 0.6 is 11.6 Å². The third-order valence-electron chi connectivity index (χ3n) is 4.20. The molecule has 1 N–H and O–H groups in total. The Bertz CT molecular complexity index is 1110. The number of nitrogens with one attached hydrogen (secondary N) is 1. The Kier molecular flexibility index (Phi) is 5.52. The van der Waals surface area contributed by atoms with E-state index in [9.17, 15) is 22.8 Å². The summed E-state index contributed by atoms with van der Waals surface area (Å²) in [4.78, 5) is 28.8. The molecule has 0 aliphatic heterocycles. The molecule has 152 valence electrons. The second-order valence-electron chi connectivity index (χ2n) is 6.04. The lowest BCUT2D eigenvalue weighted by molar-refractivity contribution is -0.137. The Balaban J connectivity index is 2.06. The summed E-state index contributed by atoms with van der Waals surface area (Å²) < 4.78 is 45.0.